The summed E-state index contributed by atoms with van der Waals surface area (Å²) in [6.45, 7) is 4.84. The molecule has 3 unspecified atom stereocenters. The van der Waals surface area contributed by atoms with Gasteiger partial charge in [0.1, 0.15) is 18.0 Å². The molecule has 2 aromatic carbocycles. The summed E-state index contributed by atoms with van der Waals surface area (Å²) in [5.41, 5.74) is 2.79. The molecule has 1 N–H and O–H groups in total. The zero-order valence-electron chi connectivity index (χ0n) is 22.4. The van der Waals surface area contributed by atoms with Crippen LogP contribution in [0, 0.1) is 23.6 Å². The number of carbonyl (C=O) groups is 1. The molecule has 8 nitrogen and oxygen atoms in total. The molecule has 41 heavy (non-hydrogen) atoms. The summed E-state index contributed by atoms with van der Waals surface area (Å²) in [4.78, 5) is 24.2. The lowest BCUT2D eigenvalue weighted by atomic mass is 9.98. The highest BCUT2D eigenvalue weighted by molar-refractivity contribution is 6.31. The third kappa shape index (κ3) is 6.75. The SMILES string of the molecule is O=C(/C=C/CN1CC2OCCOC2C1)Cc1cc2c(Nc3ccc(F)c(Cl)c3)ncnc2cc1C#CC1CCOC1. The van der Waals surface area contributed by atoms with E-state index in [9.17, 15) is 9.18 Å². The van der Waals surface area contributed by atoms with Crippen molar-refractivity contribution in [1.82, 2.24) is 14.9 Å². The van der Waals surface area contributed by atoms with E-state index in [2.05, 4.69) is 32.0 Å². The van der Waals surface area contributed by atoms with Crippen LogP contribution in [0.5, 0.6) is 0 Å². The minimum atomic E-state index is -0.501. The number of halogens is 2. The average molecular weight is 577 g/mol. The summed E-state index contributed by atoms with van der Waals surface area (Å²) in [6, 6.07) is 8.17. The summed E-state index contributed by atoms with van der Waals surface area (Å²) in [5.74, 6) is 6.74. The first-order chi connectivity index (χ1) is 20.0. The van der Waals surface area contributed by atoms with Crippen molar-refractivity contribution in [3.63, 3.8) is 0 Å². The second kappa shape index (κ2) is 12.6. The monoisotopic (exact) mass is 576 g/mol. The zero-order valence-corrected chi connectivity index (χ0v) is 23.2. The Morgan fingerprint density at radius 2 is 1.98 bits per heavy atom. The van der Waals surface area contributed by atoms with E-state index in [1.54, 1.807) is 12.1 Å². The van der Waals surface area contributed by atoms with Crippen LogP contribution in [0.1, 0.15) is 17.5 Å². The van der Waals surface area contributed by atoms with Gasteiger partial charge in [-0.2, -0.15) is 0 Å². The Hall–Kier alpha value is -3.39. The van der Waals surface area contributed by atoms with Crippen LogP contribution < -0.4 is 5.32 Å². The highest BCUT2D eigenvalue weighted by atomic mass is 35.5. The molecule has 4 heterocycles. The number of rotatable bonds is 7. The average Bonchev–Trinajstić information content (AvgIpc) is 3.64. The van der Waals surface area contributed by atoms with Crippen LogP contribution in [-0.4, -0.2) is 78.9 Å². The number of likely N-dealkylation sites (tertiary alicyclic amines) is 1. The Bertz CT molecular complexity index is 1520. The van der Waals surface area contributed by atoms with E-state index in [-0.39, 0.29) is 35.4 Å². The molecule has 0 amide bonds. The maximum Gasteiger partial charge on any atom is 0.159 e. The Labute approximate surface area is 242 Å². The van der Waals surface area contributed by atoms with Crippen molar-refractivity contribution in [2.75, 3.05) is 51.4 Å². The molecule has 1 aromatic heterocycles. The third-order valence-corrected chi connectivity index (χ3v) is 7.74. The normalized spacial score (nSPS) is 22.5. The maximum atomic E-state index is 13.7. The molecule has 3 atom stereocenters. The smallest absolute Gasteiger partial charge is 0.159 e. The number of carbonyl (C=O) groups excluding carboxylic acids is 1. The number of aromatic nitrogens is 2. The summed E-state index contributed by atoms with van der Waals surface area (Å²) < 4.78 is 30.7. The number of anilines is 2. The molecule has 3 aliphatic rings. The Balaban J connectivity index is 1.23. The molecule has 0 radical (unpaired) electrons. The molecule has 3 aliphatic heterocycles. The van der Waals surface area contributed by atoms with E-state index in [0.717, 1.165) is 30.6 Å². The van der Waals surface area contributed by atoms with Gasteiger partial charge in [-0.15, -0.1) is 0 Å². The van der Waals surface area contributed by atoms with Crippen LogP contribution in [0.4, 0.5) is 15.9 Å². The summed E-state index contributed by atoms with van der Waals surface area (Å²) in [5, 5.41) is 3.92. The second-order valence-electron chi connectivity index (χ2n) is 10.4. The van der Waals surface area contributed by atoms with Gasteiger partial charge in [-0.05, 0) is 48.4 Å². The molecule has 212 valence electrons. The van der Waals surface area contributed by atoms with E-state index in [1.807, 2.05) is 18.2 Å². The largest absolute Gasteiger partial charge is 0.380 e. The van der Waals surface area contributed by atoms with Crippen LogP contribution in [0.2, 0.25) is 5.02 Å². The highest BCUT2D eigenvalue weighted by Gasteiger charge is 2.35. The molecule has 6 rings (SSSR count). The summed E-state index contributed by atoms with van der Waals surface area (Å²) in [7, 11) is 0. The summed E-state index contributed by atoms with van der Waals surface area (Å²) in [6.07, 6.45) is 6.26. The Morgan fingerprint density at radius 1 is 1.15 bits per heavy atom. The van der Waals surface area contributed by atoms with Crippen molar-refractivity contribution in [3.05, 3.63) is 70.8 Å². The molecular formula is C31H30ClFN4O4. The van der Waals surface area contributed by atoms with Crippen LogP contribution in [-0.2, 0) is 25.4 Å². The second-order valence-corrected chi connectivity index (χ2v) is 10.8. The highest BCUT2D eigenvalue weighted by Crippen LogP contribution is 2.28. The van der Waals surface area contributed by atoms with Crippen molar-refractivity contribution in [2.45, 2.75) is 25.0 Å². The molecule has 3 saturated heterocycles. The molecule has 3 fully saturated rings. The summed E-state index contributed by atoms with van der Waals surface area (Å²) >= 11 is 5.97. The minimum absolute atomic E-state index is 0.00707. The van der Waals surface area contributed by atoms with Crippen LogP contribution in [0.25, 0.3) is 10.9 Å². The zero-order chi connectivity index (χ0) is 28.2. The van der Waals surface area contributed by atoms with Gasteiger partial charge >= 0.3 is 0 Å². The fourth-order valence-electron chi connectivity index (χ4n) is 5.32. The third-order valence-electron chi connectivity index (χ3n) is 7.45. The molecule has 10 heteroatoms. The van der Waals surface area contributed by atoms with E-state index in [4.69, 9.17) is 25.8 Å². The van der Waals surface area contributed by atoms with Crippen molar-refractivity contribution >= 4 is 39.8 Å². The molecule has 0 bridgehead atoms. The van der Waals surface area contributed by atoms with Gasteiger partial charge in [-0.1, -0.05) is 29.5 Å². The van der Waals surface area contributed by atoms with Gasteiger partial charge in [0.2, 0.25) is 0 Å². The topological polar surface area (TPSA) is 85.8 Å². The molecule has 0 saturated carbocycles. The minimum Gasteiger partial charge on any atom is -0.380 e. The fourth-order valence-corrected chi connectivity index (χ4v) is 5.50. The van der Waals surface area contributed by atoms with E-state index in [1.165, 1.54) is 18.5 Å². The van der Waals surface area contributed by atoms with E-state index < -0.39 is 5.82 Å². The number of benzene rings is 2. The fraction of sp³-hybridized carbons (Fsp3) is 0.387. The van der Waals surface area contributed by atoms with Crippen LogP contribution in [0.3, 0.4) is 0 Å². The van der Waals surface area contributed by atoms with Crippen molar-refractivity contribution in [2.24, 2.45) is 5.92 Å². The van der Waals surface area contributed by atoms with Gasteiger partial charge in [0, 0.05) is 55.2 Å². The van der Waals surface area contributed by atoms with Gasteiger partial charge in [-0.3, -0.25) is 9.69 Å². The molecule has 3 aromatic rings. The number of ketones is 1. The van der Waals surface area contributed by atoms with Crippen LogP contribution >= 0.6 is 11.6 Å². The van der Waals surface area contributed by atoms with Gasteiger partial charge in [0.15, 0.2) is 5.78 Å². The number of ether oxygens (including phenoxy) is 3. The van der Waals surface area contributed by atoms with E-state index in [0.29, 0.717) is 55.4 Å². The first-order valence-electron chi connectivity index (χ1n) is 13.8. The maximum absolute atomic E-state index is 13.7. The molecular weight excluding hydrogens is 547 g/mol. The first-order valence-corrected chi connectivity index (χ1v) is 14.1. The standard InChI is InChI=1S/C31H30ClFN4O4/c32-26-15-23(5-6-27(26)33)36-31-25-13-22(21(14-28(25)34-19-35-31)4-3-20-7-9-39-18-20)12-24(38)2-1-8-37-16-29-30(17-37)41-11-10-40-29/h1-2,5-6,13-15,19-20,29-30H,7-12,16-18H2,(H,34,35,36)/b2-1+. The number of hydrogen-bond donors (Lipinski definition) is 1. The van der Waals surface area contributed by atoms with Crippen molar-refractivity contribution in [3.8, 4) is 11.8 Å². The number of fused-ring (bicyclic) bond motifs is 2. The lowest BCUT2D eigenvalue weighted by Gasteiger charge is -2.24. The van der Waals surface area contributed by atoms with Gasteiger partial charge < -0.3 is 19.5 Å². The number of nitrogens with one attached hydrogen (secondary N) is 1. The first kappa shape index (κ1) is 27.8. The van der Waals surface area contributed by atoms with Gasteiger partial charge in [-0.25, -0.2) is 14.4 Å². The Morgan fingerprint density at radius 3 is 2.73 bits per heavy atom. The Kier molecular flexibility index (Phi) is 8.56. The molecule has 0 aliphatic carbocycles. The number of hydrogen-bond acceptors (Lipinski definition) is 8. The number of nitrogens with zero attached hydrogens (tertiary/aromatic N) is 3. The van der Waals surface area contributed by atoms with Crippen LogP contribution in [0.15, 0.2) is 48.8 Å². The lowest BCUT2D eigenvalue weighted by Crippen LogP contribution is -2.36. The quantitative estimate of drug-likeness (QED) is 0.329. The van der Waals surface area contributed by atoms with Crippen molar-refractivity contribution in [1.29, 1.82) is 0 Å². The van der Waals surface area contributed by atoms with E-state index >= 15 is 0 Å². The van der Waals surface area contributed by atoms with Gasteiger partial charge in [0.25, 0.3) is 0 Å². The van der Waals surface area contributed by atoms with Gasteiger partial charge in [0.05, 0.1) is 42.6 Å². The lowest BCUT2D eigenvalue weighted by molar-refractivity contribution is -0.116. The predicted octanol–water partition coefficient (Wildman–Crippen LogP) is 4.32. The van der Waals surface area contributed by atoms with Crippen molar-refractivity contribution < 1.29 is 23.4 Å². The number of allylic oxidation sites excluding steroid dienone is 1. The molecule has 0 spiro atoms. The predicted molar refractivity (Wildman–Crippen MR) is 154 cm³/mol.